The Hall–Kier alpha value is 0.0649. The monoisotopic (exact) mass is 224 g/mol. The molecule has 0 aromatic heterocycles. The molecule has 0 bridgehead atoms. The van der Waals surface area contributed by atoms with Gasteiger partial charge in [0, 0.05) is 0 Å². The first-order chi connectivity index (χ1) is 7.68. The van der Waals surface area contributed by atoms with Gasteiger partial charge in [0.1, 0.15) is 7.85 Å². The van der Waals surface area contributed by atoms with E-state index in [2.05, 4.69) is 28.6 Å². The highest BCUT2D eigenvalue weighted by Gasteiger charge is 2.21. The van der Waals surface area contributed by atoms with Crippen molar-refractivity contribution in [3.8, 4) is 0 Å². The Morgan fingerprint density at radius 1 is 0.750 bits per heavy atom. The van der Waals surface area contributed by atoms with Crippen LogP contribution >= 0.6 is 0 Å². The summed E-state index contributed by atoms with van der Waals surface area (Å²) in [6.45, 7) is 7.13. The van der Waals surface area contributed by atoms with E-state index < -0.39 is 0 Å². The van der Waals surface area contributed by atoms with Gasteiger partial charge in [0.15, 0.2) is 0 Å². The average Bonchev–Trinajstić information content (AvgIpc) is 2.27. The molecule has 1 unspecified atom stereocenters. The van der Waals surface area contributed by atoms with E-state index in [0.29, 0.717) is 5.41 Å². The molecular formula is C15H33B. The molecule has 0 amide bonds. The predicted molar refractivity (Wildman–Crippen MR) is 79.0 cm³/mol. The molecule has 0 aliphatic rings. The minimum atomic E-state index is 0.650. The van der Waals surface area contributed by atoms with Gasteiger partial charge in [-0.05, 0) is 18.3 Å². The van der Waals surface area contributed by atoms with Gasteiger partial charge >= 0.3 is 0 Å². The minimum Gasteiger partial charge on any atom is -0.0805 e. The Bertz CT molecular complexity index is 144. The quantitative estimate of drug-likeness (QED) is 0.343. The van der Waals surface area contributed by atoms with E-state index in [1.165, 1.54) is 70.5 Å². The van der Waals surface area contributed by atoms with Gasteiger partial charge in [-0.25, -0.2) is 0 Å². The van der Waals surface area contributed by atoms with Crippen LogP contribution in [0.25, 0.3) is 0 Å². The zero-order chi connectivity index (χ0) is 12.3. The lowest BCUT2D eigenvalue weighted by Gasteiger charge is -2.29. The van der Waals surface area contributed by atoms with Crippen LogP contribution in [0.4, 0.5) is 0 Å². The molecule has 0 saturated heterocycles. The molecule has 0 radical (unpaired) electrons. The summed E-state index contributed by atoms with van der Waals surface area (Å²) in [4.78, 5) is 0. The topological polar surface area (TPSA) is 0 Å². The second-order valence-electron chi connectivity index (χ2n) is 5.83. The van der Waals surface area contributed by atoms with Crippen molar-refractivity contribution in [2.45, 2.75) is 91.3 Å². The third kappa shape index (κ3) is 8.24. The van der Waals surface area contributed by atoms with Gasteiger partial charge in [0.25, 0.3) is 0 Å². The lowest BCUT2D eigenvalue weighted by Crippen LogP contribution is -2.16. The van der Waals surface area contributed by atoms with Crippen LogP contribution in [0.2, 0.25) is 6.32 Å². The first-order valence-corrected chi connectivity index (χ1v) is 7.68. The van der Waals surface area contributed by atoms with E-state index in [4.69, 9.17) is 0 Å². The summed E-state index contributed by atoms with van der Waals surface area (Å²) < 4.78 is 0. The van der Waals surface area contributed by atoms with Crippen LogP contribution in [0.1, 0.15) is 85.0 Å². The van der Waals surface area contributed by atoms with Crippen LogP contribution in [0.15, 0.2) is 0 Å². The summed E-state index contributed by atoms with van der Waals surface area (Å²) in [7, 11) is 2.33. The molecule has 0 fully saturated rings. The molecule has 0 saturated carbocycles. The molecule has 0 rings (SSSR count). The Morgan fingerprint density at radius 3 is 1.88 bits per heavy atom. The minimum absolute atomic E-state index is 0.650. The number of unbranched alkanes of at least 4 members (excludes halogenated alkanes) is 5. The molecule has 1 atom stereocenters. The molecule has 0 heterocycles. The van der Waals surface area contributed by atoms with Crippen molar-refractivity contribution < 1.29 is 0 Å². The first kappa shape index (κ1) is 16.1. The van der Waals surface area contributed by atoms with Gasteiger partial charge in [0.2, 0.25) is 0 Å². The van der Waals surface area contributed by atoms with E-state index in [0.717, 1.165) is 0 Å². The van der Waals surface area contributed by atoms with Crippen molar-refractivity contribution in [3.05, 3.63) is 0 Å². The SMILES string of the molecule is BCCC(C)(CCCC)CCCCCCC. The lowest BCUT2D eigenvalue weighted by atomic mass is 9.74. The summed E-state index contributed by atoms with van der Waals surface area (Å²) in [6.07, 6.45) is 15.6. The lowest BCUT2D eigenvalue weighted by molar-refractivity contribution is 0.243. The molecule has 0 aromatic carbocycles. The zero-order valence-corrected chi connectivity index (χ0v) is 12.3. The highest BCUT2D eigenvalue weighted by Crippen LogP contribution is 2.35. The second kappa shape index (κ2) is 10.2. The molecule has 0 N–H and O–H groups in total. The van der Waals surface area contributed by atoms with Crippen LogP contribution in [-0.4, -0.2) is 7.85 Å². The fourth-order valence-corrected chi connectivity index (χ4v) is 2.74. The van der Waals surface area contributed by atoms with Gasteiger partial charge < -0.3 is 0 Å². The van der Waals surface area contributed by atoms with E-state index in [9.17, 15) is 0 Å². The van der Waals surface area contributed by atoms with Crippen molar-refractivity contribution in [2.75, 3.05) is 0 Å². The van der Waals surface area contributed by atoms with Crippen LogP contribution < -0.4 is 0 Å². The van der Waals surface area contributed by atoms with Gasteiger partial charge in [-0.3, -0.25) is 0 Å². The second-order valence-corrected chi connectivity index (χ2v) is 5.83. The summed E-state index contributed by atoms with van der Waals surface area (Å²) in [6, 6.07) is 0. The molecule has 16 heavy (non-hydrogen) atoms. The zero-order valence-electron chi connectivity index (χ0n) is 12.3. The Kier molecular flexibility index (Phi) is 10.3. The summed E-state index contributed by atoms with van der Waals surface area (Å²) >= 11 is 0. The van der Waals surface area contributed by atoms with E-state index in [1.807, 2.05) is 0 Å². The molecule has 0 spiro atoms. The van der Waals surface area contributed by atoms with E-state index >= 15 is 0 Å². The van der Waals surface area contributed by atoms with Crippen molar-refractivity contribution in [3.63, 3.8) is 0 Å². The van der Waals surface area contributed by atoms with Crippen molar-refractivity contribution >= 4 is 7.85 Å². The Morgan fingerprint density at radius 2 is 1.31 bits per heavy atom. The van der Waals surface area contributed by atoms with Gasteiger partial charge in [-0.1, -0.05) is 78.5 Å². The third-order valence-electron chi connectivity index (χ3n) is 3.87. The standard InChI is InChI=1S/C15H33B/c1-4-6-8-9-10-12-15(3,13-14-16)11-7-5-2/h4-14,16H2,1-3H3. The largest absolute Gasteiger partial charge is 0.101 e. The molecule has 0 aliphatic carbocycles. The summed E-state index contributed by atoms with van der Waals surface area (Å²) in [5, 5.41) is 0. The molecule has 0 aliphatic heterocycles. The predicted octanol–water partition coefficient (Wildman–Crippen LogP) is 4.98. The average molecular weight is 224 g/mol. The fourth-order valence-electron chi connectivity index (χ4n) is 2.74. The smallest absolute Gasteiger partial charge is 0.0805 e. The molecule has 1 heteroatoms. The maximum absolute atomic E-state index is 2.52. The maximum atomic E-state index is 2.52. The van der Waals surface area contributed by atoms with Crippen molar-refractivity contribution in [2.24, 2.45) is 5.41 Å². The molecule has 0 nitrogen and oxygen atoms in total. The first-order valence-electron chi connectivity index (χ1n) is 7.68. The van der Waals surface area contributed by atoms with Crippen LogP contribution in [0.3, 0.4) is 0 Å². The molecular weight excluding hydrogens is 191 g/mol. The Labute approximate surface area is 105 Å². The number of rotatable bonds is 11. The fraction of sp³-hybridized carbons (Fsp3) is 1.00. The van der Waals surface area contributed by atoms with Crippen molar-refractivity contribution in [1.29, 1.82) is 0 Å². The van der Waals surface area contributed by atoms with Crippen molar-refractivity contribution in [1.82, 2.24) is 0 Å². The third-order valence-corrected chi connectivity index (χ3v) is 3.87. The Balaban J connectivity index is 3.73. The molecule has 96 valence electrons. The van der Waals surface area contributed by atoms with Crippen LogP contribution in [0.5, 0.6) is 0 Å². The van der Waals surface area contributed by atoms with E-state index in [-0.39, 0.29) is 0 Å². The summed E-state index contributed by atoms with van der Waals surface area (Å²) in [5.41, 5.74) is 0.650. The number of hydrogen-bond donors (Lipinski definition) is 0. The van der Waals surface area contributed by atoms with Gasteiger partial charge in [0.05, 0.1) is 0 Å². The number of hydrogen-bond acceptors (Lipinski definition) is 0. The van der Waals surface area contributed by atoms with Gasteiger partial charge in [-0.15, -0.1) is 0 Å². The highest BCUT2D eigenvalue weighted by atomic mass is 14.3. The van der Waals surface area contributed by atoms with Crippen LogP contribution in [0, 0.1) is 5.41 Å². The normalized spacial score (nSPS) is 14.9. The van der Waals surface area contributed by atoms with Gasteiger partial charge in [-0.2, -0.15) is 0 Å². The van der Waals surface area contributed by atoms with Crippen LogP contribution in [-0.2, 0) is 0 Å². The molecule has 0 aromatic rings. The van der Waals surface area contributed by atoms with E-state index in [1.54, 1.807) is 0 Å². The highest BCUT2D eigenvalue weighted by molar-refractivity contribution is 6.08. The summed E-state index contributed by atoms with van der Waals surface area (Å²) in [5.74, 6) is 0. The maximum Gasteiger partial charge on any atom is 0.101 e.